The van der Waals surface area contributed by atoms with Gasteiger partial charge < -0.3 is 86.1 Å². The van der Waals surface area contributed by atoms with Crippen molar-refractivity contribution in [3.8, 4) is 0 Å². The topological polar surface area (TPSA) is 456 Å². The van der Waals surface area contributed by atoms with E-state index in [9.17, 15) is 63.3 Å². The number of primary amides is 1. The number of nitrogens with one attached hydrogen (secondary N) is 9. The first-order valence-corrected chi connectivity index (χ1v) is 24.0. The van der Waals surface area contributed by atoms with Gasteiger partial charge in [0, 0.05) is 6.54 Å². The van der Waals surface area contributed by atoms with Crippen molar-refractivity contribution in [1.82, 2.24) is 47.9 Å². The fourth-order valence-electron chi connectivity index (χ4n) is 7.35. The molecule has 0 aliphatic carbocycles. The molecule has 20 N–H and O–H groups in total. The maximum atomic E-state index is 14.3. The van der Waals surface area contributed by atoms with Gasteiger partial charge in [0.15, 0.2) is 12.1 Å². The number of nitrogens with two attached hydrogens (primary N) is 4. The molecule has 1 saturated heterocycles. The second-order valence-electron chi connectivity index (χ2n) is 18.8. The molecule has 1 aromatic carbocycles. The first-order chi connectivity index (χ1) is 34.1. The lowest BCUT2D eigenvalue weighted by atomic mass is 9.95. The monoisotopic (exact) mass is 1030 g/mol. The molecule has 1 heterocycles. The van der Waals surface area contributed by atoms with Crippen molar-refractivity contribution in [2.75, 3.05) is 13.1 Å². The molecule has 0 spiro atoms. The molecule has 1 aliphatic rings. The van der Waals surface area contributed by atoms with E-state index in [4.69, 9.17) is 22.9 Å². The summed E-state index contributed by atoms with van der Waals surface area (Å²) >= 11 is 0. The van der Waals surface area contributed by atoms with Gasteiger partial charge in [-0.15, -0.1) is 0 Å². The van der Waals surface area contributed by atoms with Gasteiger partial charge in [-0.25, -0.2) is 0 Å². The summed E-state index contributed by atoms with van der Waals surface area (Å²) in [5, 5.41) is 54.3. The van der Waals surface area contributed by atoms with Crippen LogP contribution >= 0.6 is 0 Å². The number of carbonyl (C=O) groups is 10. The lowest BCUT2D eigenvalue weighted by molar-refractivity contribution is -0.139. The second-order valence-corrected chi connectivity index (χ2v) is 18.8. The zero-order chi connectivity index (χ0) is 55.4. The molecule has 73 heavy (non-hydrogen) atoms. The van der Waals surface area contributed by atoms with E-state index in [1.54, 1.807) is 59.7 Å². The van der Waals surface area contributed by atoms with Crippen LogP contribution in [0.2, 0.25) is 0 Å². The van der Waals surface area contributed by atoms with Crippen LogP contribution in [0.25, 0.3) is 0 Å². The Labute approximate surface area is 423 Å². The zero-order valence-corrected chi connectivity index (χ0v) is 42.5. The molecule has 1 unspecified atom stereocenters. The minimum absolute atomic E-state index is 0.0106. The molecule has 10 amide bonds. The third-order valence-corrected chi connectivity index (χ3v) is 11.9. The maximum Gasteiger partial charge on any atom is 0.248 e. The molecule has 0 saturated carbocycles. The third-order valence-electron chi connectivity index (χ3n) is 11.9. The summed E-state index contributed by atoms with van der Waals surface area (Å²) in [7, 11) is 0. The molecule has 0 radical (unpaired) electrons. The average molecular weight is 1030 g/mol. The Morgan fingerprint density at radius 3 is 1.75 bits per heavy atom. The minimum Gasteiger partial charge on any atom is -0.391 e. The Hall–Kier alpha value is -6.97. The van der Waals surface area contributed by atoms with Gasteiger partial charge in [0.05, 0.1) is 24.8 Å². The smallest absolute Gasteiger partial charge is 0.248 e. The van der Waals surface area contributed by atoms with E-state index in [2.05, 4.69) is 52.8 Å². The molecule has 2 rings (SSSR count). The Morgan fingerprint density at radius 2 is 1.21 bits per heavy atom. The number of amides is 10. The summed E-state index contributed by atoms with van der Waals surface area (Å²) in [6.07, 6.45) is -5.36. The van der Waals surface area contributed by atoms with Crippen LogP contribution in [0, 0.1) is 17.8 Å². The Balaban J connectivity index is 2.83. The molecule has 0 bridgehead atoms. The number of rotatable bonds is 14. The molecular formula is C46H76N14O13. The molecule has 1 fully saturated rings. The maximum absolute atomic E-state index is 14.3. The number of aliphatic hydroxyl groups excluding tert-OH is 3. The predicted molar refractivity (Wildman–Crippen MR) is 264 cm³/mol. The Bertz CT molecular complexity index is 2120. The van der Waals surface area contributed by atoms with Gasteiger partial charge in [-0.2, -0.15) is 0 Å². The van der Waals surface area contributed by atoms with E-state index in [1.165, 1.54) is 19.1 Å². The van der Waals surface area contributed by atoms with Gasteiger partial charge in [0.1, 0.15) is 48.3 Å². The lowest BCUT2D eigenvalue weighted by Crippen LogP contribution is -2.63. The lowest BCUT2D eigenvalue weighted by Gasteiger charge is -2.32. The van der Waals surface area contributed by atoms with Crippen molar-refractivity contribution < 1.29 is 63.3 Å². The molecule has 1 aromatic rings. The van der Waals surface area contributed by atoms with E-state index in [-0.39, 0.29) is 49.7 Å². The van der Waals surface area contributed by atoms with Crippen LogP contribution in [-0.4, -0.2) is 160 Å². The quantitative estimate of drug-likeness (QED) is 0.0469. The van der Waals surface area contributed by atoms with Gasteiger partial charge in [-0.05, 0) is 56.4 Å². The highest BCUT2D eigenvalue weighted by Gasteiger charge is 2.40. The number of carbonyl (C=O) groups excluding carboxylic acids is 10. The van der Waals surface area contributed by atoms with E-state index in [0.29, 0.717) is 0 Å². The van der Waals surface area contributed by atoms with Gasteiger partial charge >= 0.3 is 0 Å². The van der Waals surface area contributed by atoms with Crippen molar-refractivity contribution in [1.29, 1.82) is 0 Å². The highest BCUT2D eigenvalue weighted by molar-refractivity contribution is 5.99. The van der Waals surface area contributed by atoms with Crippen LogP contribution in [0.1, 0.15) is 92.7 Å². The van der Waals surface area contributed by atoms with Crippen LogP contribution < -0.4 is 70.8 Å². The number of aliphatic hydroxyl groups is 3. The molecule has 408 valence electrons. The molecule has 1 aliphatic heterocycles. The SMILES string of the molecule is CC[C@H](C)[C@@H]1NC(=O)[C@@H](CCCN=C(N)N)NC(=O)[C@H](CC(C)C)NC(=O)[C@H]([C@H](O)C(C)C)NC(=O)[C@@H](N)[C@@H](c2ccccc2)NC(=O)[C@H](C)NC(=O)C([C@H](O)C(N)=O)NC(=O)CNC(=O)[C@H]([C@H](C)O)NC1=O. The normalized spacial score (nSPS) is 26.8. The minimum atomic E-state index is -2.39. The fraction of sp³-hybridized carbons (Fsp3) is 0.630. The van der Waals surface area contributed by atoms with Crippen molar-refractivity contribution in [2.45, 2.75) is 154 Å². The van der Waals surface area contributed by atoms with Crippen molar-refractivity contribution in [2.24, 2.45) is 45.7 Å². The van der Waals surface area contributed by atoms with E-state index in [1.807, 2.05) is 0 Å². The van der Waals surface area contributed by atoms with Crippen LogP contribution in [0.4, 0.5) is 0 Å². The van der Waals surface area contributed by atoms with Gasteiger partial charge in [0.2, 0.25) is 59.1 Å². The molecule has 27 nitrogen and oxygen atoms in total. The number of nitrogens with zero attached hydrogens (tertiary/aromatic N) is 1. The number of aliphatic imine (C=N–C) groups is 1. The first kappa shape index (κ1) is 62.1. The number of benzene rings is 1. The van der Waals surface area contributed by atoms with Crippen molar-refractivity contribution in [3.05, 3.63) is 35.9 Å². The Morgan fingerprint density at radius 1 is 0.658 bits per heavy atom. The van der Waals surface area contributed by atoms with Gasteiger partial charge in [-0.1, -0.05) is 78.3 Å². The largest absolute Gasteiger partial charge is 0.391 e. The zero-order valence-electron chi connectivity index (χ0n) is 42.5. The summed E-state index contributed by atoms with van der Waals surface area (Å²) < 4.78 is 0. The average Bonchev–Trinajstić information content (AvgIpc) is 3.32. The number of guanidine groups is 1. The Kier molecular flexibility index (Phi) is 25.1. The summed E-state index contributed by atoms with van der Waals surface area (Å²) in [6, 6.07) is -6.84. The van der Waals surface area contributed by atoms with Crippen molar-refractivity contribution in [3.63, 3.8) is 0 Å². The first-order valence-electron chi connectivity index (χ1n) is 24.0. The fourth-order valence-corrected chi connectivity index (χ4v) is 7.35. The summed E-state index contributed by atoms with van der Waals surface area (Å²) in [6.45, 7) is 11.3. The van der Waals surface area contributed by atoms with Crippen molar-refractivity contribution >= 4 is 65.0 Å². The van der Waals surface area contributed by atoms with Crippen LogP contribution in [0.15, 0.2) is 35.3 Å². The highest BCUT2D eigenvalue weighted by Crippen LogP contribution is 2.18. The number of hydrogen-bond acceptors (Lipinski definition) is 15. The molecular weight excluding hydrogens is 957 g/mol. The van der Waals surface area contributed by atoms with E-state index >= 15 is 0 Å². The highest BCUT2D eigenvalue weighted by atomic mass is 16.3. The summed E-state index contributed by atoms with van der Waals surface area (Å²) in [5.74, 6) is -12.8. The standard InChI is InChI=1S/C46H76N14O13/c1-9-22(6)30-43(71)58-31(24(8)61)42(70)52-19-28(62)56-34(36(64)37(48)65)44(72)53-23(7)38(66)59-32(25-14-11-10-12-15-25)29(47)41(69)60-33(35(63)21(4)5)45(73)55-27(18-20(2)3)40(68)54-26(39(67)57-30)16-13-17-51-46(49)50/h10-12,14-15,20-24,26-27,29-36,61,63-64H,9,13,16-19,47H2,1-8H3,(H2,48,65)(H,52,70)(H,53,72)(H,54,68)(H,55,73)(H,56,62)(H,57,67)(H,58,71)(H,59,66)(H,60,69)(H4,49,50,51)/t22-,23-,24-,26+,27-,29-,30-,31-,32+,33-,34?,35+,36-/m0/s1. The number of hydrogen-bond donors (Lipinski definition) is 16. The van der Waals surface area contributed by atoms with Gasteiger partial charge in [-0.3, -0.25) is 52.9 Å². The van der Waals surface area contributed by atoms with Crippen LogP contribution in [0.3, 0.4) is 0 Å². The summed E-state index contributed by atoms with van der Waals surface area (Å²) in [4.78, 5) is 141. The van der Waals surface area contributed by atoms with Crippen LogP contribution in [-0.2, 0) is 47.9 Å². The molecule has 27 heteroatoms. The summed E-state index contributed by atoms with van der Waals surface area (Å²) in [5.41, 5.74) is 23.0. The van der Waals surface area contributed by atoms with Crippen LogP contribution in [0.5, 0.6) is 0 Å². The third kappa shape index (κ3) is 19.5. The van der Waals surface area contributed by atoms with E-state index < -0.39 is 150 Å². The molecule has 13 atom stereocenters. The second kappa shape index (κ2) is 29.5. The van der Waals surface area contributed by atoms with E-state index in [0.717, 1.165) is 6.92 Å². The predicted octanol–water partition coefficient (Wildman–Crippen LogP) is -5.90. The van der Waals surface area contributed by atoms with Gasteiger partial charge in [0.25, 0.3) is 0 Å². The molecule has 0 aromatic heterocycles.